The van der Waals surface area contributed by atoms with Gasteiger partial charge in [-0.05, 0) is 43.7 Å². The van der Waals surface area contributed by atoms with Crippen LogP contribution in [0, 0.1) is 0 Å². The van der Waals surface area contributed by atoms with Crippen LogP contribution in [0.5, 0.6) is 0 Å². The first-order valence-electron chi connectivity index (χ1n) is 10.2. The summed E-state index contributed by atoms with van der Waals surface area (Å²) < 4.78 is 8.31. The maximum absolute atomic E-state index is 13.4. The zero-order valence-corrected chi connectivity index (χ0v) is 17.5. The molecule has 0 saturated heterocycles. The maximum Gasteiger partial charge on any atom is 0.271 e. The van der Waals surface area contributed by atoms with Gasteiger partial charge in [0.1, 0.15) is 11.2 Å². The van der Waals surface area contributed by atoms with Crippen LogP contribution in [0.1, 0.15) is 55.9 Å². The zero-order valence-electron chi connectivity index (χ0n) is 16.7. The Balaban J connectivity index is 1.65. The van der Waals surface area contributed by atoms with E-state index in [1.807, 2.05) is 29.0 Å². The molecule has 1 atom stereocenters. The van der Waals surface area contributed by atoms with Crippen molar-refractivity contribution in [3.8, 4) is 0 Å². The lowest BCUT2D eigenvalue weighted by atomic mass is 9.91. The lowest BCUT2D eigenvalue weighted by molar-refractivity contribution is -0.133. The number of hydrogen-bond acceptors (Lipinski definition) is 4. The molecule has 0 bridgehead atoms. The van der Waals surface area contributed by atoms with E-state index in [-0.39, 0.29) is 17.9 Å². The molecule has 6 nitrogen and oxygen atoms in total. The number of rotatable bonds is 6. The fraction of sp³-hybridized carbons (Fsp3) is 0.619. The highest BCUT2D eigenvalue weighted by Crippen LogP contribution is 2.34. The number of amides is 2. The van der Waals surface area contributed by atoms with Gasteiger partial charge < -0.3 is 19.5 Å². The van der Waals surface area contributed by atoms with Gasteiger partial charge in [-0.3, -0.25) is 9.59 Å². The Labute approximate surface area is 169 Å². The molecule has 0 radical (unpaired) electrons. The van der Waals surface area contributed by atoms with Gasteiger partial charge in [0.25, 0.3) is 5.91 Å². The highest BCUT2D eigenvalue weighted by Gasteiger charge is 2.47. The molecule has 1 saturated carbocycles. The molecule has 2 aromatic rings. The molecule has 152 valence electrons. The molecule has 0 unspecified atom stereocenters. The highest BCUT2D eigenvalue weighted by atomic mass is 32.1. The Bertz CT molecular complexity index is 867. The minimum absolute atomic E-state index is 0.0344. The SMILES string of the molecule is COCCCN1C(=O)c2cc3sccc3n2C[C@]1(C)C(=O)NC1CCCCC1. The molecule has 2 aliphatic rings. The molecule has 2 aromatic heterocycles. The molecular formula is C21H29N3O3S. The smallest absolute Gasteiger partial charge is 0.271 e. The average Bonchev–Trinajstić information content (AvgIpc) is 3.28. The third-order valence-corrected chi connectivity index (χ3v) is 7.06. The number of methoxy groups -OCH3 is 1. The van der Waals surface area contributed by atoms with Gasteiger partial charge in [0.15, 0.2) is 0 Å². The van der Waals surface area contributed by atoms with Gasteiger partial charge in [-0.25, -0.2) is 0 Å². The zero-order chi connectivity index (χ0) is 19.7. The number of thiophene rings is 1. The number of aromatic nitrogens is 1. The van der Waals surface area contributed by atoms with Gasteiger partial charge in [-0.2, -0.15) is 0 Å². The lowest BCUT2D eigenvalue weighted by Crippen LogP contribution is -2.65. The van der Waals surface area contributed by atoms with Gasteiger partial charge in [0.05, 0.1) is 16.8 Å². The van der Waals surface area contributed by atoms with E-state index >= 15 is 0 Å². The Morgan fingerprint density at radius 3 is 2.89 bits per heavy atom. The molecular weight excluding hydrogens is 374 g/mol. The minimum atomic E-state index is -0.900. The van der Waals surface area contributed by atoms with Gasteiger partial charge >= 0.3 is 0 Å². The number of nitrogens with zero attached hydrogens (tertiary/aromatic N) is 2. The Hall–Kier alpha value is -1.86. The fourth-order valence-electron chi connectivity index (χ4n) is 4.58. The van der Waals surface area contributed by atoms with E-state index < -0.39 is 5.54 Å². The minimum Gasteiger partial charge on any atom is -0.385 e. The number of ether oxygens (including phenoxy) is 1. The van der Waals surface area contributed by atoms with Crippen LogP contribution >= 0.6 is 11.3 Å². The molecule has 1 fully saturated rings. The van der Waals surface area contributed by atoms with Crippen molar-refractivity contribution in [1.29, 1.82) is 0 Å². The molecule has 4 rings (SSSR count). The predicted molar refractivity (Wildman–Crippen MR) is 111 cm³/mol. The summed E-state index contributed by atoms with van der Waals surface area (Å²) in [6.45, 7) is 3.48. The first kappa shape index (κ1) is 19.5. The number of carbonyl (C=O) groups excluding carboxylic acids is 2. The number of carbonyl (C=O) groups is 2. The topological polar surface area (TPSA) is 63.6 Å². The van der Waals surface area contributed by atoms with Gasteiger partial charge in [-0.1, -0.05) is 19.3 Å². The highest BCUT2D eigenvalue weighted by molar-refractivity contribution is 7.17. The fourth-order valence-corrected chi connectivity index (χ4v) is 5.40. The van der Waals surface area contributed by atoms with Gasteiger partial charge in [0, 0.05) is 26.3 Å². The third kappa shape index (κ3) is 3.35. The van der Waals surface area contributed by atoms with E-state index in [9.17, 15) is 9.59 Å². The summed E-state index contributed by atoms with van der Waals surface area (Å²) >= 11 is 1.63. The maximum atomic E-state index is 13.4. The van der Waals surface area contributed by atoms with Crippen LogP contribution in [-0.2, 0) is 16.1 Å². The second kappa shape index (κ2) is 7.87. The van der Waals surface area contributed by atoms with Crippen molar-refractivity contribution in [3.05, 3.63) is 23.2 Å². The van der Waals surface area contributed by atoms with Crippen molar-refractivity contribution in [2.45, 2.75) is 63.6 Å². The summed E-state index contributed by atoms with van der Waals surface area (Å²) in [4.78, 5) is 28.6. The van der Waals surface area contributed by atoms with Gasteiger partial charge in [-0.15, -0.1) is 11.3 Å². The molecule has 1 aliphatic heterocycles. The molecule has 3 heterocycles. The van der Waals surface area contributed by atoms with Crippen LogP contribution in [0.25, 0.3) is 10.2 Å². The summed E-state index contributed by atoms with van der Waals surface area (Å²) in [7, 11) is 1.66. The van der Waals surface area contributed by atoms with E-state index in [0.717, 1.165) is 35.9 Å². The third-order valence-electron chi connectivity index (χ3n) is 6.21. The number of hydrogen-bond donors (Lipinski definition) is 1. The number of nitrogens with one attached hydrogen (secondary N) is 1. The second-order valence-electron chi connectivity index (χ2n) is 8.17. The Morgan fingerprint density at radius 2 is 2.14 bits per heavy atom. The van der Waals surface area contributed by atoms with Crippen molar-refractivity contribution < 1.29 is 14.3 Å². The van der Waals surface area contributed by atoms with Gasteiger partial charge in [0.2, 0.25) is 5.91 Å². The van der Waals surface area contributed by atoms with Crippen molar-refractivity contribution >= 4 is 33.4 Å². The summed E-state index contributed by atoms with van der Waals surface area (Å²) in [5.41, 5.74) is 0.826. The molecule has 1 aliphatic carbocycles. The van der Waals surface area contributed by atoms with E-state index in [1.165, 1.54) is 6.42 Å². The van der Waals surface area contributed by atoms with E-state index in [0.29, 0.717) is 31.8 Å². The van der Waals surface area contributed by atoms with Crippen molar-refractivity contribution in [1.82, 2.24) is 14.8 Å². The summed E-state index contributed by atoms with van der Waals surface area (Å²) in [5, 5.41) is 5.29. The molecule has 28 heavy (non-hydrogen) atoms. The largest absolute Gasteiger partial charge is 0.385 e. The van der Waals surface area contributed by atoms with Crippen LogP contribution in [0.2, 0.25) is 0 Å². The summed E-state index contributed by atoms with van der Waals surface area (Å²) in [5.74, 6) is -0.0973. The van der Waals surface area contributed by atoms with Crippen LogP contribution in [0.15, 0.2) is 17.5 Å². The Kier molecular flexibility index (Phi) is 5.47. The normalized spacial score (nSPS) is 23.2. The first-order valence-corrected chi connectivity index (χ1v) is 11.1. The quantitative estimate of drug-likeness (QED) is 0.752. The Morgan fingerprint density at radius 1 is 1.36 bits per heavy atom. The van der Waals surface area contributed by atoms with Crippen molar-refractivity contribution in [2.24, 2.45) is 0 Å². The standard InChI is InChI=1S/C21H29N3O3S/c1-21(20(26)22-15-7-4-3-5-8-15)14-23-16-9-12-28-18(16)13-17(23)19(25)24(21)10-6-11-27-2/h9,12-13,15H,3-8,10-11,14H2,1-2H3,(H,22,26)/t21-/m1/s1. The summed E-state index contributed by atoms with van der Waals surface area (Å²) in [6, 6.07) is 4.22. The van der Waals surface area contributed by atoms with Crippen molar-refractivity contribution in [2.75, 3.05) is 20.3 Å². The van der Waals surface area contributed by atoms with Crippen LogP contribution in [-0.4, -0.2) is 53.1 Å². The lowest BCUT2D eigenvalue weighted by Gasteiger charge is -2.45. The van der Waals surface area contributed by atoms with E-state index in [4.69, 9.17) is 4.74 Å². The average molecular weight is 404 g/mol. The first-order chi connectivity index (χ1) is 13.5. The number of fused-ring (bicyclic) bond motifs is 3. The molecule has 0 spiro atoms. The van der Waals surface area contributed by atoms with Crippen LogP contribution in [0.3, 0.4) is 0 Å². The molecule has 7 heteroatoms. The monoisotopic (exact) mass is 403 g/mol. The molecule has 0 aromatic carbocycles. The predicted octanol–water partition coefficient (Wildman–Crippen LogP) is 3.40. The molecule has 1 N–H and O–H groups in total. The van der Waals surface area contributed by atoms with E-state index in [2.05, 4.69) is 5.32 Å². The second-order valence-corrected chi connectivity index (χ2v) is 9.12. The summed E-state index contributed by atoms with van der Waals surface area (Å²) in [6.07, 6.45) is 6.34. The van der Waals surface area contributed by atoms with E-state index in [1.54, 1.807) is 23.3 Å². The van der Waals surface area contributed by atoms with Crippen LogP contribution in [0.4, 0.5) is 0 Å². The van der Waals surface area contributed by atoms with Crippen LogP contribution < -0.4 is 5.32 Å². The molecule has 2 amide bonds. The van der Waals surface area contributed by atoms with Crippen molar-refractivity contribution in [3.63, 3.8) is 0 Å².